The van der Waals surface area contributed by atoms with Crippen molar-refractivity contribution in [2.75, 3.05) is 7.11 Å². The summed E-state index contributed by atoms with van der Waals surface area (Å²) in [6.07, 6.45) is 9.95. The van der Waals surface area contributed by atoms with Crippen molar-refractivity contribution in [1.82, 2.24) is 0 Å². The fraction of sp³-hybridized carbons (Fsp3) is 0.636. The van der Waals surface area contributed by atoms with Gasteiger partial charge in [-0.1, -0.05) is 13.3 Å². The summed E-state index contributed by atoms with van der Waals surface area (Å²) in [7, 11) is 0.319. The number of allylic oxidation sites excluding steroid dienone is 4. The Morgan fingerprint density at radius 3 is 2.31 bits per heavy atom. The summed E-state index contributed by atoms with van der Waals surface area (Å²) in [6.45, 7) is 6.79. The minimum Gasteiger partial charge on any atom is -1.00 e. The van der Waals surface area contributed by atoms with Crippen LogP contribution in [0.1, 0.15) is 19.8 Å². The van der Waals surface area contributed by atoms with E-state index >= 15 is 0 Å². The van der Waals surface area contributed by atoms with E-state index in [-0.39, 0.29) is 46.5 Å². The minimum absolute atomic E-state index is 0. The van der Waals surface area contributed by atoms with Crippen molar-refractivity contribution in [1.29, 1.82) is 0 Å². The van der Waals surface area contributed by atoms with Crippen LogP contribution in [0.2, 0.25) is 18.6 Å². The molecule has 0 fully saturated rings. The van der Waals surface area contributed by atoms with E-state index in [1.807, 2.05) is 7.11 Å². The molecule has 1 rings (SSSR count). The molecule has 1 nitrogen and oxygen atoms in total. The van der Waals surface area contributed by atoms with Gasteiger partial charge in [0, 0.05) is 7.11 Å². The smallest absolute Gasteiger partial charge is 1.00 e. The van der Waals surface area contributed by atoms with Crippen molar-refractivity contribution in [2.45, 2.75) is 38.4 Å². The molecule has 0 aromatic heterocycles. The first-order chi connectivity index (χ1) is 6.11. The number of hydrogen-bond donors (Lipinski definition) is 0. The molecule has 1 aliphatic rings. The van der Waals surface area contributed by atoms with E-state index in [9.17, 15) is 0 Å². The van der Waals surface area contributed by atoms with Crippen molar-refractivity contribution in [3.63, 3.8) is 0 Å². The monoisotopic (exact) mass is 313 g/mol. The topological polar surface area (TPSA) is 9.23 Å². The molecule has 16 heavy (non-hydrogen) atoms. The van der Waals surface area contributed by atoms with Crippen LogP contribution >= 0.6 is 0 Å². The van der Waals surface area contributed by atoms with E-state index < -0.39 is 8.32 Å². The molecule has 0 heterocycles. The molecule has 0 amide bonds. The summed E-state index contributed by atoms with van der Waals surface area (Å²) in [5.74, 6) is 0. The van der Waals surface area contributed by atoms with Gasteiger partial charge in [0.1, 0.15) is 0 Å². The van der Waals surface area contributed by atoms with Gasteiger partial charge in [-0.3, -0.25) is 6.08 Å². The molecule has 5 heteroatoms. The molecule has 1 aliphatic carbocycles. The summed E-state index contributed by atoms with van der Waals surface area (Å²) in [4.78, 5) is 0. The van der Waals surface area contributed by atoms with Crippen LogP contribution in [-0.4, -0.2) is 15.4 Å². The van der Waals surface area contributed by atoms with Gasteiger partial charge in [0.25, 0.3) is 0 Å². The number of halogens is 2. The fourth-order valence-corrected chi connectivity index (χ4v) is 4.10. The molecule has 0 aliphatic heterocycles. The van der Waals surface area contributed by atoms with Crippen molar-refractivity contribution < 1.29 is 51.0 Å². The van der Waals surface area contributed by atoms with Crippen LogP contribution in [0.15, 0.2) is 17.7 Å². The molecule has 0 saturated carbocycles. The third-order valence-corrected chi connectivity index (χ3v) is 6.32. The van der Waals surface area contributed by atoms with Gasteiger partial charge in [-0.05, 0) is 18.6 Å². The third kappa shape index (κ3) is 5.52. The summed E-state index contributed by atoms with van der Waals surface area (Å²) in [5.41, 5.74) is 1.98. The Hall–Kier alpha value is 0.951. The van der Waals surface area contributed by atoms with Gasteiger partial charge in [-0.2, -0.15) is 6.08 Å². The number of hydrogen-bond acceptors (Lipinski definition) is 1. The molecule has 0 spiro atoms. The van der Waals surface area contributed by atoms with Crippen LogP contribution in [0.5, 0.6) is 0 Å². The molecular weight excluding hydrogens is 295 g/mol. The standard InChI is InChI=1S/C11H19OSi.2ClH.Ti/c1-5-11(13(3,4)12-2)10-8-6-7-9-10;;;/h6,8,11H,5,7H2,1-4H3;2*1H;/q-1;;;+3/p-2. The van der Waals surface area contributed by atoms with Crippen LogP contribution in [0.4, 0.5) is 0 Å². The van der Waals surface area contributed by atoms with Gasteiger partial charge in [0.2, 0.25) is 0 Å². The molecule has 0 saturated heterocycles. The van der Waals surface area contributed by atoms with Crippen LogP contribution in [0, 0.1) is 6.08 Å². The van der Waals surface area contributed by atoms with Crippen LogP contribution in [0.3, 0.4) is 0 Å². The molecule has 1 radical (unpaired) electrons. The quantitative estimate of drug-likeness (QED) is 0.406. The van der Waals surface area contributed by atoms with E-state index in [2.05, 4.69) is 38.2 Å². The zero-order chi connectivity index (χ0) is 9.90. The van der Waals surface area contributed by atoms with E-state index in [1.165, 1.54) is 12.0 Å². The number of rotatable bonds is 4. The van der Waals surface area contributed by atoms with Crippen LogP contribution in [0.25, 0.3) is 0 Å². The van der Waals surface area contributed by atoms with Gasteiger partial charge < -0.3 is 29.2 Å². The molecule has 0 aromatic carbocycles. The summed E-state index contributed by atoms with van der Waals surface area (Å²) in [6, 6.07) is 0. The first kappa shape index (κ1) is 22.2. The molecule has 91 valence electrons. The maximum Gasteiger partial charge on any atom is 3.00 e. The average molecular weight is 314 g/mol. The van der Waals surface area contributed by atoms with E-state index in [0.29, 0.717) is 5.54 Å². The zero-order valence-electron chi connectivity index (χ0n) is 10.3. The van der Waals surface area contributed by atoms with Gasteiger partial charge in [-0.15, -0.1) is 6.42 Å². The Bertz CT molecular complexity index is 242. The molecule has 0 N–H and O–H groups in total. The van der Waals surface area contributed by atoms with E-state index in [0.717, 1.165) is 6.42 Å². The maximum absolute atomic E-state index is 5.65. The van der Waals surface area contributed by atoms with Crippen molar-refractivity contribution in [3.05, 3.63) is 23.8 Å². The molecular formula is C11H19Cl2OSiTi. The molecule has 1 unspecified atom stereocenters. The first-order valence-corrected chi connectivity index (χ1v) is 7.92. The second kappa shape index (κ2) is 9.93. The van der Waals surface area contributed by atoms with Gasteiger partial charge in [0.05, 0.1) is 0 Å². The minimum atomic E-state index is -1.52. The van der Waals surface area contributed by atoms with Crippen molar-refractivity contribution >= 4 is 8.32 Å². The Labute approximate surface area is 128 Å². The summed E-state index contributed by atoms with van der Waals surface area (Å²) in [5, 5.41) is 0. The molecule has 0 aromatic rings. The predicted octanol–water partition coefficient (Wildman–Crippen LogP) is -2.69. The second-order valence-electron chi connectivity index (χ2n) is 4.01. The Balaban J connectivity index is -0.000000563. The Kier molecular flexibility index (Phi) is 13.8. The average Bonchev–Trinajstić information content (AvgIpc) is 2.58. The van der Waals surface area contributed by atoms with Crippen molar-refractivity contribution in [3.8, 4) is 0 Å². The van der Waals surface area contributed by atoms with E-state index in [4.69, 9.17) is 4.43 Å². The fourth-order valence-electron chi connectivity index (χ4n) is 1.89. The largest absolute Gasteiger partial charge is 3.00 e. The van der Waals surface area contributed by atoms with Crippen LogP contribution < -0.4 is 24.8 Å². The van der Waals surface area contributed by atoms with Crippen molar-refractivity contribution in [2.24, 2.45) is 0 Å². The predicted molar refractivity (Wildman–Crippen MR) is 59.0 cm³/mol. The Morgan fingerprint density at radius 1 is 1.44 bits per heavy atom. The van der Waals surface area contributed by atoms with Crippen LogP contribution in [-0.2, 0) is 26.1 Å². The van der Waals surface area contributed by atoms with Gasteiger partial charge >= 0.3 is 21.7 Å². The first-order valence-electron chi connectivity index (χ1n) is 4.94. The Morgan fingerprint density at radius 2 is 2.00 bits per heavy atom. The maximum atomic E-state index is 5.65. The van der Waals surface area contributed by atoms with Gasteiger partial charge in [-0.25, -0.2) is 11.6 Å². The summed E-state index contributed by atoms with van der Waals surface area (Å²) >= 11 is 0. The normalized spacial score (nSPS) is 15.4. The summed E-state index contributed by atoms with van der Waals surface area (Å²) < 4.78 is 5.65. The molecule has 1 atom stereocenters. The second-order valence-corrected chi connectivity index (χ2v) is 8.32. The third-order valence-electron chi connectivity index (χ3n) is 2.87. The molecule has 0 bridgehead atoms. The van der Waals surface area contributed by atoms with E-state index in [1.54, 1.807) is 0 Å². The zero-order valence-corrected chi connectivity index (χ0v) is 14.4. The van der Waals surface area contributed by atoms with Gasteiger partial charge in [0.15, 0.2) is 8.32 Å². The SMILES string of the molecule is CCC(C1=[C-]CC=C1)[Si](C)(C)OC.[Cl-].[Cl-].[Ti+3].